The molecule has 6 nitrogen and oxygen atoms in total. The summed E-state index contributed by atoms with van der Waals surface area (Å²) in [4.78, 5) is 39.0. The zero-order valence-electron chi connectivity index (χ0n) is 14.3. The third kappa shape index (κ3) is 3.57. The van der Waals surface area contributed by atoms with Gasteiger partial charge in [-0.1, -0.05) is 0 Å². The molecule has 3 rings (SSSR count). The number of rotatable bonds is 4. The number of nitrogens with one attached hydrogen (secondary N) is 3. The lowest BCUT2D eigenvalue weighted by Gasteiger charge is -2.09. The predicted molar refractivity (Wildman–Crippen MR) is 90.1 cm³/mol. The number of aromatic amines is 1. The highest BCUT2D eigenvalue weighted by atomic mass is 19.2. The molecule has 0 unspecified atom stereocenters. The van der Waals surface area contributed by atoms with Gasteiger partial charge in [-0.25, -0.2) is 13.2 Å². The van der Waals surface area contributed by atoms with E-state index in [4.69, 9.17) is 0 Å². The van der Waals surface area contributed by atoms with Crippen LogP contribution in [0.1, 0.15) is 44.9 Å². The van der Waals surface area contributed by atoms with Crippen LogP contribution in [0.2, 0.25) is 0 Å². The quantitative estimate of drug-likeness (QED) is 0.714. The second-order valence-electron chi connectivity index (χ2n) is 6.21. The van der Waals surface area contributed by atoms with Crippen LogP contribution >= 0.6 is 0 Å². The highest BCUT2D eigenvalue weighted by molar-refractivity contribution is 6.05. The summed E-state index contributed by atoms with van der Waals surface area (Å²) in [5.74, 6) is -6.06. The summed E-state index contributed by atoms with van der Waals surface area (Å²) in [6.07, 6.45) is 1.79. The van der Waals surface area contributed by atoms with Gasteiger partial charge in [0.05, 0.1) is 12.2 Å². The van der Waals surface area contributed by atoms with E-state index in [9.17, 15) is 27.6 Å². The Labute approximate surface area is 152 Å². The number of fused-ring (bicyclic) bond motifs is 1. The standard InChI is InChI=1S/C18H16F3N3O3/c1-8-14-10(3-2-4-12(14)25)24-17(8)18(27)22-7-13(26)23-11-6-5-9(19)15(20)16(11)21/h5-6,24H,2-4,7H2,1H3,(H,22,27)(H,23,26). The number of aryl methyl sites for hydroxylation is 1. The van der Waals surface area contributed by atoms with Crippen LogP contribution in [-0.2, 0) is 11.2 Å². The Kier molecular flexibility index (Phi) is 5.02. The van der Waals surface area contributed by atoms with E-state index in [1.807, 2.05) is 0 Å². The largest absolute Gasteiger partial charge is 0.354 e. The van der Waals surface area contributed by atoms with Gasteiger partial charge < -0.3 is 15.6 Å². The van der Waals surface area contributed by atoms with Gasteiger partial charge in [-0.05, 0) is 37.5 Å². The van der Waals surface area contributed by atoms with E-state index >= 15 is 0 Å². The molecule has 0 atom stereocenters. The molecule has 1 aliphatic rings. The van der Waals surface area contributed by atoms with Crippen molar-refractivity contribution in [2.24, 2.45) is 0 Å². The van der Waals surface area contributed by atoms with Gasteiger partial charge in [-0.15, -0.1) is 0 Å². The Hall–Kier alpha value is -3.10. The number of halogens is 3. The van der Waals surface area contributed by atoms with Crippen LogP contribution in [-0.4, -0.2) is 29.1 Å². The summed E-state index contributed by atoms with van der Waals surface area (Å²) in [5, 5.41) is 4.40. The van der Waals surface area contributed by atoms with E-state index in [1.165, 1.54) is 0 Å². The van der Waals surface area contributed by atoms with Crippen LogP contribution in [0.4, 0.5) is 18.9 Å². The van der Waals surface area contributed by atoms with Gasteiger partial charge in [0.15, 0.2) is 23.2 Å². The molecule has 0 fully saturated rings. The van der Waals surface area contributed by atoms with Crippen LogP contribution < -0.4 is 10.6 Å². The number of carbonyl (C=O) groups is 3. The molecule has 0 bridgehead atoms. The van der Waals surface area contributed by atoms with Gasteiger partial charge in [-0.3, -0.25) is 14.4 Å². The van der Waals surface area contributed by atoms with E-state index in [-0.39, 0.29) is 11.5 Å². The minimum atomic E-state index is -1.70. The lowest BCUT2D eigenvalue weighted by atomic mass is 9.94. The number of H-pyrrole nitrogens is 1. The monoisotopic (exact) mass is 379 g/mol. The predicted octanol–water partition coefficient (Wildman–Crippen LogP) is 2.63. The Morgan fingerprint density at radius 1 is 1.15 bits per heavy atom. The topological polar surface area (TPSA) is 91.1 Å². The van der Waals surface area contributed by atoms with Crippen molar-refractivity contribution in [3.8, 4) is 0 Å². The number of hydrogen-bond acceptors (Lipinski definition) is 3. The van der Waals surface area contributed by atoms with E-state index in [1.54, 1.807) is 6.92 Å². The maximum atomic E-state index is 13.6. The Balaban J connectivity index is 1.65. The first kappa shape index (κ1) is 18.7. The Morgan fingerprint density at radius 3 is 2.59 bits per heavy atom. The van der Waals surface area contributed by atoms with Gasteiger partial charge in [0.1, 0.15) is 5.69 Å². The molecule has 0 radical (unpaired) electrons. The number of carbonyl (C=O) groups excluding carboxylic acids is 3. The van der Waals surface area contributed by atoms with Crippen molar-refractivity contribution in [3.05, 3.63) is 52.1 Å². The van der Waals surface area contributed by atoms with E-state index in [0.717, 1.165) is 6.07 Å². The van der Waals surface area contributed by atoms with Crippen molar-refractivity contribution < 1.29 is 27.6 Å². The molecule has 0 aliphatic heterocycles. The van der Waals surface area contributed by atoms with Gasteiger partial charge in [0, 0.05) is 17.7 Å². The van der Waals surface area contributed by atoms with Gasteiger partial charge >= 0.3 is 0 Å². The number of amides is 2. The molecule has 1 aromatic heterocycles. The van der Waals surface area contributed by atoms with E-state index < -0.39 is 41.5 Å². The van der Waals surface area contributed by atoms with Crippen molar-refractivity contribution in [2.75, 3.05) is 11.9 Å². The molecule has 0 saturated carbocycles. The van der Waals surface area contributed by atoms with Gasteiger partial charge in [0.25, 0.3) is 5.91 Å². The molecule has 142 valence electrons. The summed E-state index contributed by atoms with van der Waals surface area (Å²) in [6, 6.07) is 1.55. The summed E-state index contributed by atoms with van der Waals surface area (Å²) < 4.78 is 39.6. The third-order valence-corrected chi connectivity index (χ3v) is 4.38. The maximum Gasteiger partial charge on any atom is 0.268 e. The van der Waals surface area contributed by atoms with Crippen molar-refractivity contribution >= 4 is 23.3 Å². The number of Topliss-reactive ketones (excluding diaryl/α,β-unsaturated/α-hetero) is 1. The summed E-state index contributed by atoms with van der Waals surface area (Å²) in [7, 11) is 0. The molecule has 0 saturated heterocycles. The lowest BCUT2D eigenvalue weighted by molar-refractivity contribution is -0.115. The Bertz CT molecular complexity index is 953. The fraction of sp³-hybridized carbons (Fsp3) is 0.278. The summed E-state index contributed by atoms with van der Waals surface area (Å²) in [6.45, 7) is 1.12. The molecule has 1 aromatic carbocycles. The van der Waals surface area contributed by atoms with Crippen molar-refractivity contribution in [1.29, 1.82) is 0 Å². The van der Waals surface area contributed by atoms with E-state index in [0.29, 0.717) is 42.1 Å². The second kappa shape index (κ2) is 7.26. The zero-order valence-corrected chi connectivity index (χ0v) is 14.3. The molecule has 2 amide bonds. The molecule has 9 heteroatoms. The number of benzene rings is 1. The maximum absolute atomic E-state index is 13.6. The number of hydrogen-bond donors (Lipinski definition) is 3. The fourth-order valence-electron chi connectivity index (χ4n) is 3.07. The number of aromatic nitrogens is 1. The van der Waals surface area contributed by atoms with Gasteiger partial charge in [0.2, 0.25) is 5.91 Å². The molecule has 1 aliphatic carbocycles. The van der Waals surface area contributed by atoms with E-state index in [2.05, 4.69) is 15.6 Å². The van der Waals surface area contributed by atoms with Crippen LogP contribution in [0.5, 0.6) is 0 Å². The summed E-state index contributed by atoms with van der Waals surface area (Å²) >= 11 is 0. The lowest BCUT2D eigenvalue weighted by Crippen LogP contribution is -2.33. The first-order chi connectivity index (χ1) is 12.8. The number of ketones is 1. The van der Waals surface area contributed by atoms with Crippen molar-refractivity contribution in [2.45, 2.75) is 26.2 Å². The molecule has 3 N–H and O–H groups in total. The summed E-state index contributed by atoms with van der Waals surface area (Å²) in [5.41, 5.74) is 1.37. The normalized spacial score (nSPS) is 13.3. The zero-order chi connectivity index (χ0) is 19.7. The Morgan fingerprint density at radius 2 is 1.89 bits per heavy atom. The molecule has 1 heterocycles. The smallest absolute Gasteiger partial charge is 0.268 e. The van der Waals surface area contributed by atoms with Gasteiger partial charge in [-0.2, -0.15) is 0 Å². The van der Waals surface area contributed by atoms with Crippen molar-refractivity contribution in [3.63, 3.8) is 0 Å². The third-order valence-electron chi connectivity index (χ3n) is 4.38. The molecular weight excluding hydrogens is 363 g/mol. The van der Waals surface area contributed by atoms with Crippen LogP contribution in [0, 0.1) is 24.4 Å². The van der Waals surface area contributed by atoms with Crippen LogP contribution in [0.15, 0.2) is 12.1 Å². The average Bonchev–Trinajstić information content (AvgIpc) is 2.98. The van der Waals surface area contributed by atoms with Crippen molar-refractivity contribution in [1.82, 2.24) is 10.3 Å². The fourth-order valence-corrected chi connectivity index (χ4v) is 3.07. The second-order valence-corrected chi connectivity index (χ2v) is 6.21. The first-order valence-corrected chi connectivity index (χ1v) is 8.25. The highest BCUT2D eigenvalue weighted by Crippen LogP contribution is 2.26. The molecule has 2 aromatic rings. The molecular formula is C18H16F3N3O3. The van der Waals surface area contributed by atoms with Crippen LogP contribution in [0.3, 0.4) is 0 Å². The van der Waals surface area contributed by atoms with Crippen LogP contribution in [0.25, 0.3) is 0 Å². The highest BCUT2D eigenvalue weighted by Gasteiger charge is 2.26. The first-order valence-electron chi connectivity index (χ1n) is 8.25. The minimum absolute atomic E-state index is 0.0318. The molecule has 0 spiro atoms. The minimum Gasteiger partial charge on any atom is -0.354 e. The molecule has 27 heavy (non-hydrogen) atoms. The SMILES string of the molecule is Cc1c(C(=O)NCC(=O)Nc2ccc(F)c(F)c2F)[nH]c2c1C(=O)CCC2. The average molecular weight is 379 g/mol. The number of anilines is 1.